The van der Waals surface area contributed by atoms with Crippen LogP contribution in [-0.2, 0) is 32.0 Å². The second kappa shape index (κ2) is 14.1. The van der Waals surface area contributed by atoms with Crippen LogP contribution in [0.25, 0.3) is 0 Å². The molecule has 9 nitrogen and oxygen atoms in total. The molecule has 1 fully saturated rings. The van der Waals surface area contributed by atoms with Crippen molar-refractivity contribution in [2.75, 3.05) is 7.05 Å². The lowest BCUT2D eigenvalue weighted by molar-refractivity contribution is -0.144. The maximum Gasteiger partial charge on any atom is 0.410 e. The van der Waals surface area contributed by atoms with Crippen LogP contribution in [0.15, 0.2) is 66.7 Å². The summed E-state index contributed by atoms with van der Waals surface area (Å²) >= 11 is 0. The largest absolute Gasteiger partial charge is 0.444 e. The molecule has 246 valence electrons. The Bertz CT molecular complexity index is 1450. The molecule has 4 amide bonds. The number of likely N-dealkylation sites (N-methyl/N-ethyl adjacent to an activating group) is 1. The number of benzene rings is 2. The first-order chi connectivity index (χ1) is 21.9. The van der Waals surface area contributed by atoms with Crippen LogP contribution in [0.4, 0.5) is 4.79 Å². The summed E-state index contributed by atoms with van der Waals surface area (Å²) in [6, 6.07) is 15.7. The third-order valence-corrected chi connectivity index (χ3v) is 9.52. The van der Waals surface area contributed by atoms with Crippen molar-refractivity contribution in [1.82, 2.24) is 20.4 Å². The first-order valence-electron chi connectivity index (χ1n) is 16.6. The van der Waals surface area contributed by atoms with E-state index in [4.69, 9.17) is 4.74 Å². The summed E-state index contributed by atoms with van der Waals surface area (Å²) in [6.07, 6.45) is 8.43. The molecule has 46 heavy (non-hydrogen) atoms. The van der Waals surface area contributed by atoms with Crippen molar-refractivity contribution in [2.45, 2.75) is 108 Å². The highest BCUT2D eigenvalue weighted by atomic mass is 16.6. The minimum atomic E-state index is -0.873. The normalized spacial score (nSPS) is 25.6. The summed E-state index contributed by atoms with van der Waals surface area (Å²) in [5, 5.41) is 6.22. The molecule has 0 unspecified atom stereocenters. The van der Waals surface area contributed by atoms with E-state index in [1.807, 2.05) is 36.4 Å². The van der Waals surface area contributed by atoms with Crippen molar-refractivity contribution in [1.29, 1.82) is 0 Å². The third-order valence-electron chi connectivity index (χ3n) is 9.52. The highest BCUT2D eigenvalue weighted by Crippen LogP contribution is 2.38. The second-order valence-corrected chi connectivity index (χ2v) is 13.9. The van der Waals surface area contributed by atoms with E-state index in [9.17, 15) is 19.2 Å². The van der Waals surface area contributed by atoms with Crippen molar-refractivity contribution in [3.8, 4) is 0 Å². The number of aryl methyl sites for hydroxylation is 1. The average molecular weight is 629 g/mol. The van der Waals surface area contributed by atoms with E-state index in [0.29, 0.717) is 19.3 Å². The number of carbonyl (C=O) groups is 4. The molecular formula is C37H48N4O5. The van der Waals surface area contributed by atoms with Gasteiger partial charge in [-0.05, 0) is 95.2 Å². The molecule has 2 N–H and O–H groups in total. The van der Waals surface area contributed by atoms with Crippen molar-refractivity contribution in [3.63, 3.8) is 0 Å². The van der Waals surface area contributed by atoms with Crippen LogP contribution in [0, 0.1) is 5.92 Å². The smallest absolute Gasteiger partial charge is 0.410 e. The van der Waals surface area contributed by atoms with E-state index in [2.05, 4.69) is 41.0 Å². The van der Waals surface area contributed by atoms with Gasteiger partial charge in [-0.2, -0.15) is 0 Å². The van der Waals surface area contributed by atoms with Gasteiger partial charge >= 0.3 is 6.09 Å². The summed E-state index contributed by atoms with van der Waals surface area (Å²) in [6.45, 7) is 6.90. The zero-order valence-corrected chi connectivity index (χ0v) is 27.7. The number of fused-ring (bicyclic) bond motifs is 2. The number of hydrogen-bond acceptors (Lipinski definition) is 5. The first-order valence-corrected chi connectivity index (χ1v) is 16.6. The Hall–Kier alpha value is -4.14. The molecule has 5 rings (SSSR count). The number of amides is 4. The number of ether oxygens (including phenoxy) is 1. The topological polar surface area (TPSA) is 108 Å². The Morgan fingerprint density at radius 1 is 0.978 bits per heavy atom. The quantitative estimate of drug-likeness (QED) is 0.415. The molecule has 0 aromatic heterocycles. The van der Waals surface area contributed by atoms with E-state index < -0.39 is 35.7 Å². The van der Waals surface area contributed by atoms with Crippen LogP contribution in [0.1, 0.15) is 82.5 Å². The van der Waals surface area contributed by atoms with E-state index in [1.165, 1.54) is 17.5 Å². The maximum absolute atomic E-state index is 14.4. The molecule has 9 heteroatoms. The minimum absolute atomic E-state index is 0.0667. The predicted octanol–water partition coefficient (Wildman–Crippen LogP) is 5.10. The van der Waals surface area contributed by atoms with Crippen molar-refractivity contribution in [3.05, 3.63) is 83.4 Å². The summed E-state index contributed by atoms with van der Waals surface area (Å²) in [4.78, 5) is 57.7. The van der Waals surface area contributed by atoms with Gasteiger partial charge in [-0.1, -0.05) is 66.7 Å². The van der Waals surface area contributed by atoms with E-state index >= 15 is 0 Å². The fourth-order valence-corrected chi connectivity index (χ4v) is 7.01. The number of rotatable bonds is 7. The Labute approximate surface area is 272 Å². The van der Waals surface area contributed by atoms with Crippen LogP contribution in [0.3, 0.4) is 0 Å². The number of nitrogens with zero attached hydrogens (tertiary/aromatic N) is 2. The molecule has 6 atom stereocenters. The van der Waals surface area contributed by atoms with Gasteiger partial charge in [0.15, 0.2) is 0 Å². The van der Waals surface area contributed by atoms with Gasteiger partial charge in [-0.25, -0.2) is 4.79 Å². The number of hydrogen-bond donors (Lipinski definition) is 2. The predicted molar refractivity (Wildman–Crippen MR) is 177 cm³/mol. The lowest BCUT2D eigenvalue weighted by atomic mass is 9.87. The summed E-state index contributed by atoms with van der Waals surface area (Å²) in [7, 11) is 1.51. The average Bonchev–Trinajstić information content (AvgIpc) is 3.37. The van der Waals surface area contributed by atoms with E-state index in [1.54, 1.807) is 32.6 Å². The molecule has 3 aliphatic rings. The molecule has 2 aliphatic heterocycles. The zero-order valence-electron chi connectivity index (χ0n) is 27.7. The summed E-state index contributed by atoms with van der Waals surface area (Å²) in [5.74, 6) is -0.813. The van der Waals surface area contributed by atoms with Gasteiger partial charge in [0, 0.05) is 13.1 Å². The van der Waals surface area contributed by atoms with Crippen LogP contribution in [0.5, 0.6) is 0 Å². The fraction of sp³-hybridized carbons (Fsp3) is 0.514. The molecule has 0 radical (unpaired) electrons. The third kappa shape index (κ3) is 7.62. The van der Waals surface area contributed by atoms with Crippen molar-refractivity contribution >= 4 is 23.8 Å². The van der Waals surface area contributed by atoms with Crippen molar-refractivity contribution in [2.24, 2.45) is 5.92 Å². The zero-order chi connectivity index (χ0) is 33.0. The summed E-state index contributed by atoms with van der Waals surface area (Å²) in [5.41, 5.74) is 2.86. The SMILES string of the molecule is C[C@@H](C(=O)N[C@H]1C/C=C\C[C@H]2[C@@H](Cc3ccccc3)C[C@@H](C(=O)N[C@@H]3CCCc4ccccc43)N2C1=O)N(C)C(=O)OC(C)(C)C. The van der Waals surface area contributed by atoms with Crippen LogP contribution in [0.2, 0.25) is 0 Å². The molecule has 2 heterocycles. The minimum Gasteiger partial charge on any atom is -0.444 e. The molecule has 2 aromatic rings. The van der Waals surface area contributed by atoms with Gasteiger partial charge in [0.25, 0.3) is 0 Å². The Morgan fingerprint density at radius 3 is 2.41 bits per heavy atom. The highest BCUT2D eigenvalue weighted by Gasteiger charge is 2.49. The van der Waals surface area contributed by atoms with Crippen molar-refractivity contribution < 1.29 is 23.9 Å². The molecular weight excluding hydrogens is 580 g/mol. The summed E-state index contributed by atoms with van der Waals surface area (Å²) < 4.78 is 5.44. The number of carbonyl (C=O) groups excluding carboxylic acids is 4. The van der Waals surface area contributed by atoms with E-state index in [-0.39, 0.29) is 29.8 Å². The van der Waals surface area contributed by atoms with Gasteiger partial charge in [0.1, 0.15) is 23.7 Å². The standard InChI is InChI=1S/C37H48N4O5/c1-24(40(5)36(45)46-37(2,3)4)33(42)39-30-19-11-12-21-31-27(22-25-14-7-6-8-15-25)23-32(41(31)35(30)44)34(43)38-29-20-13-17-26-16-9-10-18-28(26)29/h6-12,14-16,18,24,27,29-32H,13,17,19-23H2,1-5H3,(H,38,43)(H,39,42)/b12-11-/t24-,27-,29+,30-,31-,32-/m0/s1. The second-order valence-electron chi connectivity index (χ2n) is 13.9. The highest BCUT2D eigenvalue weighted by molar-refractivity contribution is 5.94. The molecule has 0 spiro atoms. The Balaban J connectivity index is 1.38. The number of nitrogens with one attached hydrogen (secondary N) is 2. The van der Waals surface area contributed by atoms with Gasteiger partial charge in [0.05, 0.1) is 6.04 Å². The lowest BCUT2D eigenvalue weighted by Gasteiger charge is -2.36. The lowest BCUT2D eigenvalue weighted by Crippen LogP contribution is -2.58. The van der Waals surface area contributed by atoms with Gasteiger partial charge in [-0.15, -0.1) is 0 Å². The molecule has 0 saturated carbocycles. The van der Waals surface area contributed by atoms with Crippen LogP contribution < -0.4 is 10.6 Å². The van der Waals surface area contributed by atoms with Crippen LogP contribution >= 0.6 is 0 Å². The van der Waals surface area contributed by atoms with Gasteiger partial charge < -0.3 is 20.3 Å². The first kappa shape index (κ1) is 33.2. The monoisotopic (exact) mass is 628 g/mol. The maximum atomic E-state index is 14.4. The Kier molecular flexibility index (Phi) is 10.2. The fourth-order valence-electron chi connectivity index (χ4n) is 7.01. The van der Waals surface area contributed by atoms with Crippen LogP contribution in [-0.4, -0.2) is 70.4 Å². The molecule has 1 aliphatic carbocycles. The molecule has 0 bridgehead atoms. The van der Waals surface area contributed by atoms with E-state index in [0.717, 1.165) is 36.8 Å². The van der Waals surface area contributed by atoms with Gasteiger partial charge in [-0.3, -0.25) is 19.3 Å². The van der Waals surface area contributed by atoms with Gasteiger partial charge in [0.2, 0.25) is 17.7 Å². The Morgan fingerprint density at radius 2 is 1.67 bits per heavy atom. The molecule has 1 saturated heterocycles. The molecule has 2 aromatic carbocycles.